The number of likely N-dealkylation sites (tertiary alicyclic amines) is 1. The third-order valence-electron chi connectivity index (χ3n) is 3.87. The lowest BCUT2D eigenvalue weighted by Gasteiger charge is -2.31. The maximum absolute atomic E-state index is 11.4. The Morgan fingerprint density at radius 2 is 2.12 bits per heavy atom. The number of morpholine rings is 1. The second kappa shape index (κ2) is 5.80. The molecule has 2 rings (SSSR count). The number of carboxylic acids is 1. The number of ether oxygens (including phenoxy) is 1. The monoisotopic (exact) mass is 242 g/mol. The Bertz CT molecular complexity index is 266. The van der Waals surface area contributed by atoms with Gasteiger partial charge in [-0.1, -0.05) is 0 Å². The molecule has 0 aromatic heterocycles. The Kier molecular flexibility index (Phi) is 4.36. The largest absolute Gasteiger partial charge is 0.481 e. The molecule has 2 fully saturated rings. The standard InChI is InChI=1S/C12H22N2O3/c1-13-3-2-10(8-13)11(12(15)16)9-14-4-6-17-7-5-14/h10-11H,2-9H2,1H3,(H,15,16). The molecule has 0 radical (unpaired) electrons. The fourth-order valence-corrected chi connectivity index (χ4v) is 2.79. The highest BCUT2D eigenvalue weighted by Gasteiger charge is 2.34. The molecular formula is C12H22N2O3. The van der Waals surface area contributed by atoms with Gasteiger partial charge in [0.2, 0.25) is 0 Å². The van der Waals surface area contributed by atoms with E-state index in [1.54, 1.807) is 0 Å². The summed E-state index contributed by atoms with van der Waals surface area (Å²) in [5, 5.41) is 9.37. The lowest BCUT2D eigenvalue weighted by atomic mass is 9.91. The predicted molar refractivity (Wildman–Crippen MR) is 64.0 cm³/mol. The fourth-order valence-electron chi connectivity index (χ4n) is 2.79. The van der Waals surface area contributed by atoms with Crippen LogP contribution < -0.4 is 0 Å². The van der Waals surface area contributed by atoms with Crippen LogP contribution in [0, 0.1) is 11.8 Å². The van der Waals surface area contributed by atoms with Gasteiger partial charge in [0.05, 0.1) is 19.1 Å². The zero-order valence-electron chi connectivity index (χ0n) is 10.5. The quantitative estimate of drug-likeness (QED) is 0.750. The Morgan fingerprint density at radius 1 is 1.41 bits per heavy atom. The third-order valence-corrected chi connectivity index (χ3v) is 3.87. The van der Waals surface area contributed by atoms with Gasteiger partial charge in [-0.15, -0.1) is 0 Å². The van der Waals surface area contributed by atoms with Crippen molar-refractivity contribution in [2.24, 2.45) is 11.8 Å². The minimum atomic E-state index is -0.642. The SMILES string of the molecule is CN1CCC(C(CN2CCOCC2)C(=O)O)C1. The lowest BCUT2D eigenvalue weighted by Crippen LogP contribution is -2.43. The Balaban J connectivity index is 1.90. The number of carbonyl (C=O) groups is 1. The number of nitrogens with zero attached hydrogens (tertiary/aromatic N) is 2. The Morgan fingerprint density at radius 3 is 2.65 bits per heavy atom. The number of hydrogen-bond acceptors (Lipinski definition) is 4. The molecule has 2 heterocycles. The van der Waals surface area contributed by atoms with E-state index in [0.717, 1.165) is 45.8 Å². The van der Waals surface area contributed by atoms with Gasteiger partial charge in [0.15, 0.2) is 0 Å². The van der Waals surface area contributed by atoms with E-state index in [1.807, 2.05) is 0 Å². The topological polar surface area (TPSA) is 53.0 Å². The zero-order chi connectivity index (χ0) is 12.3. The molecule has 98 valence electrons. The average molecular weight is 242 g/mol. The van der Waals surface area contributed by atoms with E-state index in [9.17, 15) is 9.90 Å². The highest BCUT2D eigenvalue weighted by atomic mass is 16.5. The van der Waals surface area contributed by atoms with Crippen molar-refractivity contribution in [2.75, 3.05) is 53.0 Å². The molecule has 2 saturated heterocycles. The molecular weight excluding hydrogens is 220 g/mol. The van der Waals surface area contributed by atoms with Gasteiger partial charge in [0.1, 0.15) is 0 Å². The van der Waals surface area contributed by atoms with Crippen LogP contribution in [0.4, 0.5) is 0 Å². The van der Waals surface area contributed by atoms with Crippen LogP contribution in [0.15, 0.2) is 0 Å². The smallest absolute Gasteiger partial charge is 0.308 e. The molecule has 0 bridgehead atoms. The van der Waals surface area contributed by atoms with Crippen molar-refractivity contribution in [1.29, 1.82) is 0 Å². The van der Waals surface area contributed by atoms with Crippen molar-refractivity contribution < 1.29 is 14.6 Å². The molecule has 0 aromatic carbocycles. The fraction of sp³-hybridized carbons (Fsp3) is 0.917. The normalized spacial score (nSPS) is 29.4. The molecule has 5 heteroatoms. The predicted octanol–water partition coefficient (Wildman–Crippen LogP) is -0.0289. The molecule has 5 nitrogen and oxygen atoms in total. The molecule has 17 heavy (non-hydrogen) atoms. The van der Waals surface area contributed by atoms with Crippen LogP contribution in [0.2, 0.25) is 0 Å². The second-order valence-electron chi connectivity index (χ2n) is 5.17. The van der Waals surface area contributed by atoms with E-state index < -0.39 is 5.97 Å². The van der Waals surface area contributed by atoms with E-state index in [-0.39, 0.29) is 5.92 Å². The first-order chi connectivity index (χ1) is 8.16. The number of aliphatic carboxylic acids is 1. The van der Waals surface area contributed by atoms with Gasteiger partial charge in [-0.25, -0.2) is 0 Å². The van der Waals surface area contributed by atoms with Gasteiger partial charge in [0.25, 0.3) is 0 Å². The molecule has 2 aliphatic rings. The minimum absolute atomic E-state index is 0.224. The van der Waals surface area contributed by atoms with Crippen LogP contribution in [0.3, 0.4) is 0 Å². The van der Waals surface area contributed by atoms with Gasteiger partial charge in [0, 0.05) is 26.2 Å². The van der Waals surface area contributed by atoms with Crippen LogP contribution in [0.1, 0.15) is 6.42 Å². The van der Waals surface area contributed by atoms with Crippen molar-refractivity contribution >= 4 is 5.97 Å². The average Bonchev–Trinajstić information content (AvgIpc) is 2.73. The number of hydrogen-bond donors (Lipinski definition) is 1. The first-order valence-electron chi connectivity index (χ1n) is 6.38. The maximum atomic E-state index is 11.4. The van der Waals surface area contributed by atoms with Crippen LogP contribution >= 0.6 is 0 Å². The summed E-state index contributed by atoms with van der Waals surface area (Å²) in [6, 6.07) is 0. The molecule has 0 aliphatic carbocycles. The summed E-state index contributed by atoms with van der Waals surface area (Å²) >= 11 is 0. The number of carboxylic acid groups (broad SMARTS) is 1. The molecule has 0 spiro atoms. The van der Waals surface area contributed by atoms with E-state index in [4.69, 9.17) is 4.74 Å². The van der Waals surface area contributed by atoms with Gasteiger partial charge in [-0.05, 0) is 25.9 Å². The van der Waals surface area contributed by atoms with Gasteiger partial charge in [-0.2, -0.15) is 0 Å². The third kappa shape index (κ3) is 3.40. The molecule has 2 unspecified atom stereocenters. The lowest BCUT2D eigenvalue weighted by molar-refractivity contribution is -0.144. The second-order valence-corrected chi connectivity index (χ2v) is 5.17. The summed E-state index contributed by atoms with van der Waals surface area (Å²) in [6.07, 6.45) is 1.01. The summed E-state index contributed by atoms with van der Waals surface area (Å²) in [5.41, 5.74) is 0. The van der Waals surface area contributed by atoms with Crippen molar-refractivity contribution in [3.8, 4) is 0 Å². The van der Waals surface area contributed by atoms with Gasteiger partial charge in [-0.3, -0.25) is 9.69 Å². The Labute approximate surface area is 102 Å². The summed E-state index contributed by atoms with van der Waals surface area (Å²) in [5.74, 6) is -0.560. The summed E-state index contributed by atoms with van der Waals surface area (Å²) < 4.78 is 5.29. The maximum Gasteiger partial charge on any atom is 0.308 e. The van der Waals surface area contributed by atoms with E-state index in [0.29, 0.717) is 12.5 Å². The first kappa shape index (κ1) is 12.8. The molecule has 2 aliphatic heterocycles. The van der Waals surface area contributed by atoms with E-state index >= 15 is 0 Å². The van der Waals surface area contributed by atoms with Gasteiger partial charge >= 0.3 is 5.97 Å². The Hall–Kier alpha value is -0.650. The first-order valence-corrected chi connectivity index (χ1v) is 6.38. The number of rotatable bonds is 4. The molecule has 0 aromatic rings. The van der Waals surface area contributed by atoms with Crippen molar-refractivity contribution in [2.45, 2.75) is 6.42 Å². The highest BCUT2D eigenvalue weighted by molar-refractivity contribution is 5.70. The summed E-state index contributed by atoms with van der Waals surface area (Å²) in [6.45, 7) is 5.82. The van der Waals surface area contributed by atoms with Crippen LogP contribution in [-0.2, 0) is 9.53 Å². The van der Waals surface area contributed by atoms with Crippen LogP contribution in [0.5, 0.6) is 0 Å². The zero-order valence-corrected chi connectivity index (χ0v) is 10.5. The summed E-state index contributed by atoms with van der Waals surface area (Å²) in [4.78, 5) is 15.8. The van der Waals surface area contributed by atoms with Crippen LogP contribution in [0.25, 0.3) is 0 Å². The molecule has 0 saturated carbocycles. The van der Waals surface area contributed by atoms with E-state index in [2.05, 4.69) is 16.8 Å². The highest BCUT2D eigenvalue weighted by Crippen LogP contribution is 2.24. The van der Waals surface area contributed by atoms with Crippen molar-refractivity contribution in [3.63, 3.8) is 0 Å². The van der Waals surface area contributed by atoms with Gasteiger partial charge < -0.3 is 14.7 Å². The van der Waals surface area contributed by atoms with E-state index in [1.165, 1.54) is 0 Å². The molecule has 1 N–H and O–H groups in total. The van der Waals surface area contributed by atoms with Crippen molar-refractivity contribution in [1.82, 2.24) is 9.80 Å². The summed E-state index contributed by atoms with van der Waals surface area (Å²) in [7, 11) is 2.06. The van der Waals surface area contributed by atoms with Crippen LogP contribution in [-0.4, -0.2) is 73.9 Å². The molecule has 0 amide bonds. The minimum Gasteiger partial charge on any atom is -0.481 e. The van der Waals surface area contributed by atoms with Crippen molar-refractivity contribution in [3.05, 3.63) is 0 Å². The molecule has 2 atom stereocenters.